The zero-order valence-corrected chi connectivity index (χ0v) is 14.8. The number of carbonyl (C=O) groups is 2. The number of thiazole rings is 1. The van der Waals surface area contributed by atoms with Crippen LogP contribution in [0.2, 0.25) is 0 Å². The first kappa shape index (κ1) is 16.3. The summed E-state index contributed by atoms with van der Waals surface area (Å²) in [4.78, 5) is 30.5. The second-order valence-electron chi connectivity index (χ2n) is 6.73. The molecule has 2 N–H and O–H groups in total. The Balaban J connectivity index is 1.44. The minimum atomic E-state index is -0.172. The molecule has 1 unspecified atom stereocenters. The summed E-state index contributed by atoms with van der Waals surface area (Å²) in [6.45, 7) is 0. The third-order valence-corrected chi connectivity index (χ3v) is 6.04. The lowest BCUT2D eigenvalue weighted by Gasteiger charge is -2.15. The third-order valence-electron chi connectivity index (χ3n) is 4.99. The van der Waals surface area contributed by atoms with Crippen LogP contribution in [-0.2, 0) is 11.2 Å². The molecule has 1 atom stereocenters. The molecular weight excluding hydrogens is 334 g/mol. The van der Waals surface area contributed by atoms with E-state index in [4.69, 9.17) is 0 Å². The Hall–Kier alpha value is -2.21. The summed E-state index contributed by atoms with van der Waals surface area (Å²) >= 11 is 1.49. The van der Waals surface area contributed by atoms with Gasteiger partial charge in [-0.25, -0.2) is 4.98 Å². The molecule has 0 saturated heterocycles. The van der Waals surface area contributed by atoms with Crippen molar-refractivity contribution in [2.75, 3.05) is 5.32 Å². The van der Waals surface area contributed by atoms with E-state index in [9.17, 15) is 9.59 Å². The predicted octanol–water partition coefficient (Wildman–Crippen LogP) is 3.48. The third kappa shape index (κ3) is 3.44. The van der Waals surface area contributed by atoms with Crippen molar-refractivity contribution in [3.63, 3.8) is 0 Å². The molecule has 2 amide bonds. The van der Waals surface area contributed by atoms with Crippen LogP contribution in [0.3, 0.4) is 0 Å². The van der Waals surface area contributed by atoms with E-state index in [1.54, 1.807) is 12.1 Å². The van der Waals surface area contributed by atoms with Gasteiger partial charge in [0, 0.05) is 16.5 Å². The lowest BCUT2D eigenvalue weighted by atomic mass is 10.1. The molecule has 5 nitrogen and oxygen atoms in total. The normalized spacial score (nSPS) is 19.6. The number of aromatic nitrogens is 1. The van der Waals surface area contributed by atoms with Crippen molar-refractivity contribution in [3.05, 3.63) is 46.5 Å². The van der Waals surface area contributed by atoms with Gasteiger partial charge in [-0.3, -0.25) is 14.9 Å². The fourth-order valence-electron chi connectivity index (χ4n) is 3.67. The van der Waals surface area contributed by atoms with Crippen molar-refractivity contribution in [3.8, 4) is 0 Å². The molecule has 2 aliphatic rings. The first-order chi connectivity index (χ1) is 12.2. The van der Waals surface area contributed by atoms with Gasteiger partial charge in [-0.15, -0.1) is 11.3 Å². The number of fused-ring (bicyclic) bond motifs is 1. The van der Waals surface area contributed by atoms with Crippen molar-refractivity contribution < 1.29 is 9.59 Å². The van der Waals surface area contributed by atoms with Gasteiger partial charge in [-0.1, -0.05) is 31.0 Å². The summed E-state index contributed by atoms with van der Waals surface area (Å²) in [6.07, 6.45) is 6.25. The maximum Gasteiger partial charge on any atom is 0.257 e. The molecule has 6 heteroatoms. The number of benzene rings is 1. The van der Waals surface area contributed by atoms with Gasteiger partial charge in [-0.05, 0) is 37.8 Å². The van der Waals surface area contributed by atoms with Gasteiger partial charge in [0.05, 0.1) is 11.6 Å². The maximum absolute atomic E-state index is 12.6. The van der Waals surface area contributed by atoms with E-state index in [-0.39, 0.29) is 17.7 Å². The van der Waals surface area contributed by atoms with Gasteiger partial charge < -0.3 is 5.32 Å². The van der Waals surface area contributed by atoms with E-state index in [0.29, 0.717) is 16.7 Å². The van der Waals surface area contributed by atoms with E-state index in [0.717, 1.165) is 36.3 Å². The second-order valence-corrected chi connectivity index (χ2v) is 7.81. The lowest BCUT2D eigenvalue weighted by molar-refractivity contribution is -0.123. The molecule has 0 radical (unpaired) electrons. The van der Waals surface area contributed by atoms with E-state index in [2.05, 4.69) is 15.6 Å². The summed E-state index contributed by atoms with van der Waals surface area (Å²) in [6, 6.07) is 9.42. The van der Waals surface area contributed by atoms with Gasteiger partial charge in [0.15, 0.2) is 5.13 Å². The van der Waals surface area contributed by atoms with Gasteiger partial charge in [-0.2, -0.15) is 0 Å². The highest BCUT2D eigenvalue weighted by atomic mass is 32.1. The minimum absolute atomic E-state index is 0.0943. The van der Waals surface area contributed by atoms with Crippen molar-refractivity contribution in [1.29, 1.82) is 0 Å². The number of aryl methyl sites for hydroxylation is 1. The molecule has 1 fully saturated rings. The number of rotatable bonds is 4. The van der Waals surface area contributed by atoms with Gasteiger partial charge in [0.25, 0.3) is 5.91 Å². The fraction of sp³-hybridized carbons (Fsp3) is 0.421. The summed E-state index contributed by atoms with van der Waals surface area (Å²) in [5.41, 5.74) is 1.46. The molecule has 1 heterocycles. The van der Waals surface area contributed by atoms with Crippen LogP contribution in [0, 0.1) is 0 Å². The van der Waals surface area contributed by atoms with Gasteiger partial charge in [0.2, 0.25) is 5.91 Å². The molecule has 0 bridgehead atoms. The zero-order valence-electron chi connectivity index (χ0n) is 14.0. The molecule has 2 aromatic rings. The Morgan fingerprint density at radius 3 is 2.60 bits per heavy atom. The van der Waals surface area contributed by atoms with Gasteiger partial charge in [0.1, 0.15) is 0 Å². The quantitative estimate of drug-likeness (QED) is 0.882. The first-order valence-corrected chi connectivity index (χ1v) is 9.69. The SMILES string of the molecule is O=C(Nc1nc2c(s1)CCC2C(=O)NC1CCCC1)c1ccccc1. The number of amides is 2. The highest BCUT2D eigenvalue weighted by molar-refractivity contribution is 7.16. The Bertz CT molecular complexity index is 781. The smallest absolute Gasteiger partial charge is 0.257 e. The number of anilines is 1. The van der Waals surface area contributed by atoms with E-state index >= 15 is 0 Å². The van der Waals surface area contributed by atoms with Crippen molar-refractivity contribution in [1.82, 2.24) is 10.3 Å². The molecule has 1 saturated carbocycles. The molecule has 1 aromatic heterocycles. The average Bonchev–Trinajstić information content (AvgIpc) is 3.32. The van der Waals surface area contributed by atoms with Crippen LogP contribution >= 0.6 is 11.3 Å². The Kier molecular flexibility index (Phi) is 4.53. The van der Waals surface area contributed by atoms with E-state index in [1.165, 1.54) is 24.2 Å². The summed E-state index contributed by atoms with van der Waals surface area (Å²) in [7, 11) is 0. The fourth-order valence-corrected chi connectivity index (χ4v) is 4.70. The molecule has 2 aliphatic carbocycles. The minimum Gasteiger partial charge on any atom is -0.353 e. The van der Waals surface area contributed by atoms with Crippen LogP contribution in [0.5, 0.6) is 0 Å². The van der Waals surface area contributed by atoms with Crippen LogP contribution in [-0.4, -0.2) is 22.8 Å². The average molecular weight is 355 g/mol. The van der Waals surface area contributed by atoms with Crippen LogP contribution in [0.25, 0.3) is 0 Å². The number of nitrogens with zero attached hydrogens (tertiary/aromatic N) is 1. The predicted molar refractivity (Wildman–Crippen MR) is 98.0 cm³/mol. The van der Waals surface area contributed by atoms with Crippen LogP contribution < -0.4 is 10.6 Å². The monoisotopic (exact) mass is 355 g/mol. The molecule has 0 spiro atoms. The maximum atomic E-state index is 12.6. The standard InChI is InChI=1S/C19H21N3O2S/c23-17(12-6-2-1-3-7-12)22-19-21-16-14(10-11-15(16)25-19)18(24)20-13-8-4-5-9-13/h1-3,6-7,13-14H,4-5,8-11H2,(H,20,24)(H,21,22,23). The van der Waals surface area contributed by atoms with Crippen LogP contribution in [0.15, 0.2) is 30.3 Å². The lowest BCUT2D eigenvalue weighted by Crippen LogP contribution is -2.36. The van der Waals surface area contributed by atoms with Gasteiger partial charge >= 0.3 is 0 Å². The highest BCUT2D eigenvalue weighted by Gasteiger charge is 2.34. The summed E-state index contributed by atoms with van der Waals surface area (Å²) in [5, 5.41) is 6.61. The van der Waals surface area contributed by atoms with E-state index < -0.39 is 0 Å². The summed E-state index contributed by atoms with van der Waals surface area (Å²) in [5.74, 6) is -0.244. The molecule has 1 aromatic carbocycles. The number of hydrogen-bond acceptors (Lipinski definition) is 4. The molecule has 130 valence electrons. The highest BCUT2D eigenvalue weighted by Crippen LogP contribution is 2.38. The Morgan fingerprint density at radius 1 is 1.08 bits per heavy atom. The Labute approximate surface area is 150 Å². The Morgan fingerprint density at radius 2 is 1.84 bits per heavy atom. The first-order valence-electron chi connectivity index (χ1n) is 8.87. The molecular formula is C19H21N3O2S. The van der Waals surface area contributed by atoms with E-state index in [1.807, 2.05) is 18.2 Å². The van der Waals surface area contributed by atoms with Crippen LogP contribution in [0.4, 0.5) is 5.13 Å². The van der Waals surface area contributed by atoms with Crippen molar-refractivity contribution in [2.24, 2.45) is 0 Å². The number of hydrogen-bond donors (Lipinski definition) is 2. The summed E-state index contributed by atoms with van der Waals surface area (Å²) < 4.78 is 0. The van der Waals surface area contributed by atoms with Crippen molar-refractivity contribution in [2.45, 2.75) is 50.5 Å². The number of nitrogens with one attached hydrogen (secondary N) is 2. The molecule has 0 aliphatic heterocycles. The zero-order chi connectivity index (χ0) is 17.2. The largest absolute Gasteiger partial charge is 0.353 e. The topological polar surface area (TPSA) is 71.1 Å². The van der Waals surface area contributed by atoms with Crippen molar-refractivity contribution >= 4 is 28.3 Å². The number of carbonyl (C=O) groups excluding carboxylic acids is 2. The molecule has 4 rings (SSSR count). The van der Waals surface area contributed by atoms with Crippen LogP contribution in [0.1, 0.15) is 59.0 Å². The second kappa shape index (κ2) is 6.96. The molecule has 25 heavy (non-hydrogen) atoms.